The van der Waals surface area contributed by atoms with E-state index in [4.69, 9.17) is 27.9 Å². The first-order valence-electron chi connectivity index (χ1n) is 12.1. The predicted molar refractivity (Wildman–Crippen MR) is 137 cm³/mol. The number of nitrogens with zero attached hydrogens (tertiary/aromatic N) is 1. The molecule has 2 heterocycles. The Hall–Kier alpha value is -2.12. The lowest BCUT2D eigenvalue weighted by Crippen LogP contribution is -2.53. The van der Waals surface area contributed by atoms with Crippen molar-refractivity contribution in [1.29, 1.82) is 0 Å². The maximum absolute atomic E-state index is 13.9. The lowest BCUT2D eigenvalue weighted by atomic mass is 9.67. The highest BCUT2D eigenvalue weighted by atomic mass is 35.5. The molecule has 4 rings (SSSR count). The van der Waals surface area contributed by atoms with Gasteiger partial charge in [0.15, 0.2) is 0 Å². The van der Waals surface area contributed by atoms with Crippen LogP contribution in [-0.4, -0.2) is 54.2 Å². The third kappa shape index (κ3) is 6.18. The van der Waals surface area contributed by atoms with Gasteiger partial charge in [0.2, 0.25) is 5.91 Å². The van der Waals surface area contributed by atoms with Crippen LogP contribution in [0.1, 0.15) is 55.7 Å². The maximum Gasteiger partial charge on any atom is 0.304 e. The van der Waals surface area contributed by atoms with Crippen molar-refractivity contribution in [2.24, 2.45) is 5.41 Å². The molecular weight excluding hydrogens is 487 g/mol. The van der Waals surface area contributed by atoms with Crippen molar-refractivity contribution in [1.82, 2.24) is 10.2 Å². The fourth-order valence-corrected chi connectivity index (χ4v) is 5.83. The summed E-state index contributed by atoms with van der Waals surface area (Å²) in [5, 5.41) is 14.2. The van der Waals surface area contributed by atoms with Gasteiger partial charge in [-0.3, -0.25) is 9.59 Å². The van der Waals surface area contributed by atoms with Crippen molar-refractivity contribution in [3.05, 3.63) is 69.7 Å². The molecule has 2 N–H and O–H groups in total. The van der Waals surface area contributed by atoms with E-state index < -0.39 is 11.4 Å². The number of carboxylic acids is 1. The minimum absolute atomic E-state index is 0.117. The van der Waals surface area contributed by atoms with Gasteiger partial charge in [-0.25, -0.2) is 0 Å². The number of carboxylic acid groups (broad SMARTS) is 1. The molecule has 0 aliphatic carbocycles. The standard InChI is InChI=1S/C27H32Cl2N2O4/c1-27(16-24(32)33)15-23(19-4-2-5-21(29)14-19)25(18-7-9-20(28)10-8-18)31(26(27)34)12-3-6-22-17-30-11-13-35-22/h2,4-5,7-10,14,22-23,25,30H,3,6,11-13,15-17H2,1H3,(H,32,33)/t22-,23+,25+,27+/m0/s1. The highest BCUT2D eigenvalue weighted by Gasteiger charge is 2.50. The first-order valence-corrected chi connectivity index (χ1v) is 12.9. The highest BCUT2D eigenvalue weighted by molar-refractivity contribution is 6.30. The van der Waals surface area contributed by atoms with E-state index in [1.807, 2.05) is 53.4 Å². The lowest BCUT2D eigenvalue weighted by molar-refractivity contribution is -0.157. The Morgan fingerprint density at radius 2 is 1.94 bits per heavy atom. The van der Waals surface area contributed by atoms with Crippen LogP contribution >= 0.6 is 23.2 Å². The number of halogens is 2. The number of aliphatic carboxylic acids is 1. The Morgan fingerprint density at radius 1 is 1.17 bits per heavy atom. The summed E-state index contributed by atoms with van der Waals surface area (Å²) in [6.45, 7) is 4.64. The molecule has 2 saturated heterocycles. The smallest absolute Gasteiger partial charge is 0.304 e. The van der Waals surface area contributed by atoms with Crippen LogP contribution in [0.5, 0.6) is 0 Å². The minimum Gasteiger partial charge on any atom is -0.481 e. The second kappa shape index (κ2) is 11.3. The number of carbonyl (C=O) groups excluding carboxylic acids is 1. The molecule has 1 amide bonds. The van der Waals surface area contributed by atoms with Crippen molar-refractivity contribution < 1.29 is 19.4 Å². The summed E-state index contributed by atoms with van der Waals surface area (Å²) in [6, 6.07) is 15.0. The van der Waals surface area contributed by atoms with Crippen molar-refractivity contribution in [2.45, 2.75) is 50.7 Å². The second-order valence-electron chi connectivity index (χ2n) is 9.83. The van der Waals surface area contributed by atoms with Crippen molar-refractivity contribution in [3.63, 3.8) is 0 Å². The molecule has 2 fully saturated rings. The van der Waals surface area contributed by atoms with Crippen LogP contribution in [-0.2, 0) is 14.3 Å². The summed E-state index contributed by atoms with van der Waals surface area (Å²) in [5.74, 6) is -1.22. The lowest BCUT2D eigenvalue weighted by Gasteiger charge is -2.49. The Labute approximate surface area is 216 Å². The van der Waals surface area contributed by atoms with Crippen LogP contribution in [0.15, 0.2) is 48.5 Å². The summed E-state index contributed by atoms with van der Waals surface area (Å²) in [6.07, 6.45) is 1.89. The number of nitrogens with one attached hydrogen (secondary N) is 1. The molecule has 4 atom stereocenters. The largest absolute Gasteiger partial charge is 0.481 e. The summed E-state index contributed by atoms with van der Waals surface area (Å²) in [4.78, 5) is 27.6. The SMILES string of the molecule is C[C@]1(CC(=O)O)C[C@H](c2cccc(Cl)c2)[C@@H](c2ccc(Cl)cc2)N(CCC[C@H]2CNCCO2)C1=O. The summed E-state index contributed by atoms with van der Waals surface area (Å²) >= 11 is 12.5. The summed E-state index contributed by atoms with van der Waals surface area (Å²) in [5.41, 5.74) is 0.942. The number of benzene rings is 2. The van der Waals surface area contributed by atoms with Crippen LogP contribution < -0.4 is 5.32 Å². The van der Waals surface area contributed by atoms with Gasteiger partial charge < -0.3 is 20.1 Å². The molecule has 2 aromatic rings. The van der Waals surface area contributed by atoms with E-state index >= 15 is 0 Å². The monoisotopic (exact) mass is 518 g/mol. The van der Waals surface area contributed by atoms with Gasteiger partial charge in [0.1, 0.15) is 0 Å². The summed E-state index contributed by atoms with van der Waals surface area (Å²) in [7, 11) is 0. The molecule has 2 aliphatic rings. The van der Waals surface area contributed by atoms with Gasteiger partial charge in [-0.05, 0) is 54.7 Å². The molecule has 0 spiro atoms. The molecule has 35 heavy (non-hydrogen) atoms. The molecule has 0 radical (unpaired) electrons. The number of hydrogen-bond acceptors (Lipinski definition) is 4. The number of piperidine rings is 1. The van der Waals surface area contributed by atoms with Gasteiger partial charge in [0.05, 0.1) is 30.6 Å². The number of morpholine rings is 1. The van der Waals surface area contributed by atoms with E-state index in [2.05, 4.69) is 5.32 Å². The maximum atomic E-state index is 13.9. The number of rotatable bonds is 8. The molecule has 0 aromatic heterocycles. The van der Waals surface area contributed by atoms with Crippen LogP contribution in [0.3, 0.4) is 0 Å². The van der Waals surface area contributed by atoms with Gasteiger partial charge in [0.25, 0.3) is 0 Å². The third-order valence-corrected chi connectivity index (χ3v) is 7.61. The van der Waals surface area contributed by atoms with Crippen LogP contribution in [0, 0.1) is 5.41 Å². The van der Waals surface area contributed by atoms with Gasteiger partial charge in [-0.15, -0.1) is 0 Å². The van der Waals surface area contributed by atoms with E-state index in [9.17, 15) is 14.7 Å². The normalized spacial score (nSPS) is 27.1. The number of hydrogen-bond donors (Lipinski definition) is 2. The Bertz CT molecular complexity index is 1040. The molecule has 8 heteroatoms. The van der Waals surface area contributed by atoms with Gasteiger partial charge in [-0.1, -0.05) is 54.4 Å². The zero-order valence-corrected chi connectivity index (χ0v) is 21.4. The number of ether oxygens (including phenoxy) is 1. The number of likely N-dealkylation sites (tertiary alicyclic amines) is 1. The minimum atomic E-state index is -1.02. The molecule has 6 nitrogen and oxygen atoms in total. The Morgan fingerprint density at radius 3 is 2.60 bits per heavy atom. The van der Waals surface area contributed by atoms with Gasteiger partial charge >= 0.3 is 5.97 Å². The fourth-order valence-electron chi connectivity index (χ4n) is 5.50. The number of carbonyl (C=O) groups is 2. The van der Waals surface area contributed by atoms with E-state index in [1.54, 1.807) is 6.92 Å². The average Bonchev–Trinajstić information content (AvgIpc) is 2.83. The average molecular weight is 519 g/mol. The molecule has 188 valence electrons. The highest BCUT2D eigenvalue weighted by Crippen LogP contribution is 2.51. The van der Waals surface area contributed by atoms with E-state index in [0.29, 0.717) is 29.6 Å². The Kier molecular flexibility index (Phi) is 8.38. The topological polar surface area (TPSA) is 78.9 Å². The van der Waals surface area contributed by atoms with E-state index in [1.165, 1.54) is 0 Å². The Balaban J connectivity index is 1.71. The van der Waals surface area contributed by atoms with Crippen LogP contribution in [0.4, 0.5) is 0 Å². The van der Waals surface area contributed by atoms with Gasteiger partial charge in [0, 0.05) is 35.6 Å². The molecule has 0 bridgehead atoms. The number of amides is 1. The molecular formula is C27H32Cl2N2O4. The van der Waals surface area contributed by atoms with Crippen LogP contribution in [0.2, 0.25) is 10.0 Å². The predicted octanol–water partition coefficient (Wildman–Crippen LogP) is 5.30. The molecule has 2 aromatic carbocycles. The first kappa shape index (κ1) is 26.0. The molecule has 0 unspecified atom stereocenters. The van der Waals surface area contributed by atoms with Crippen molar-refractivity contribution in [2.75, 3.05) is 26.2 Å². The van der Waals surface area contributed by atoms with E-state index in [0.717, 1.165) is 37.1 Å². The first-order chi connectivity index (χ1) is 16.8. The molecule has 2 aliphatic heterocycles. The fraction of sp³-hybridized carbons (Fsp3) is 0.481. The summed E-state index contributed by atoms with van der Waals surface area (Å²) < 4.78 is 5.84. The zero-order chi connectivity index (χ0) is 25.0. The zero-order valence-electron chi connectivity index (χ0n) is 19.9. The van der Waals surface area contributed by atoms with E-state index in [-0.39, 0.29) is 30.4 Å². The van der Waals surface area contributed by atoms with Crippen molar-refractivity contribution >= 4 is 35.1 Å². The van der Waals surface area contributed by atoms with Crippen molar-refractivity contribution in [3.8, 4) is 0 Å². The van der Waals surface area contributed by atoms with Crippen LogP contribution in [0.25, 0.3) is 0 Å². The third-order valence-electron chi connectivity index (χ3n) is 7.12. The quantitative estimate of drug-likeness (QED) is 0.495. The second-order valence-corrected chi connectivity index (χ2v) is 10.7. The van der Waals surface area contributed by atoms with Gasteiger partial charge in [-0.2, -0.15) is 0 Å². The molecule has 0 saturated carbocycles.